The maximum atomic E-state index is 13.9. The Labute approximate surface area is 246 Å². The Balaban J connectivity index is 1.50. The van der Waals surface area contributed by atoms with Crippen molar-refractivity contribution in [1.82, 2.24) is 9.78 Å². The predicted octanol–water partition coefficient (Wildman–Crippen LogP) is 7.77. The Morgan fingerprint density at radius 2 is 1.74 bits per heavy atom. The van der Waals surface area contributed by atoms with Gasteiger partial charge in [0.15, 0.2) is 0 Å². The zero-order valence-electron chi connectivity index (χ0n) is 24.7. The van der Waals surface area contributed by atoms with Gasteiger partial charge in [-0.15, -0.1) is 13.2 Å². The fraction of sp³-hybridized carbons (Fsp3) is 0.515. The quantitative estimate of drug-likeness (QED) is 0.241. The first-order valence-corrected chi connectivity index (χ1v) is 14.8. The molecule has 0 unspecified atom stereocenters. The van der Waals surface area contributed by atoms with Crippen LogP contribution in [0.5, 0.6) is 0 Å². The normalized spacial score (nSPS) is 23.0. The lowest BCUT2D eigenvalue weighted by atomic mass is 9.78. The molecule has 9 heteroatoms. The summed E-state index contributed by atoms with van der Waals surface area (Å²) in [5.74, 6) is 1.33. The third kappa shape index (κ3) is 7.94. The number of allylic oxidation sites excluding steroid dienone is 4. The number of hydrogen-bond acceptors (Lipinski definition) is 4. The second-order valence-corrected chi connectivity index (χ2v) is 11.8. The molecule has 2 saturated carbocycles. The van der Waals surface area contributed by atoms with Crippen LogP contribution in [0, 0.1) is 17.8 Å². The summed E-state index contributed by atoms with van der Waals surface area (Å²) in [6.45, 7) is 8.86. The monoisotopic (exact) mass is 585 g/mol. The van der Waals surface area contributed by atoms with Crippen molar-refractivity contribution in [2.24, 2.45) is 17.8 Å². The number of nitrogens with zero attached hydrogens (tertiary/aromatic N) is 3. The molecule has 0 aliphatic heterocycles. The van der Waals surface area contributed by atoms with Gasteiger partial charge in [0.05, 0.1) is 19.4 Å². The van der Waals surface area contributed by atoms with Crippen LogP contribution >= 0.6 is 0 Å². The molecule has 1 N–H and O–H groups in total. The van der Waals surface area contributed by atoms with E-state index in [-0.39, 0.29) is 22.6 Å². The number of amides is 1. The molecular formula is C33H42F3N3O3. The Morgan fingerprint density at radius 3 is 2.33 bits per heavy atom. The Kier molecular flexibility index (Phi) is 10.4. The SMILES string of the molecule is C=C(/C=C\C(OC)=C(C)C)C1CCC(CN(C(=O)C2CCC(O)CC2)c2cccc(-c3cnn(C(F)(F)F)c3)c2)CC1. The van der Waals surface area contributed by atoms with E-state index in [0.717, 1.165) is 48.8 Å². The fourth-order valence-corrected chi connectivity index (χ4v) is 6.06. The molecule has 2 aliphatic rings. The lowest BCUT2D eigenvalue weighted by Gasteiger charge is -2.36. The molecule has 2 aromatic rings. The highest BCUT2D eigenvalue weighted by atomic mass is 19.4. The summed E-state index contributed by atoms with van der Waals surface area (Å²) < 4.78 is 44.8. The highest BCUT2D eigenvalue weighted by molar-refractivity contribution is 5.95. The van der Waals surface area contributed by atoms with Gasteiger partial charge in [0, 0.05) is 29.9 Å². The van der Waals surface area contributed by atoms with Crippen LogP contribution < -0.4 is 4.90 Å². The smallest absolute Gasteiger partial charge is 0.497 e. The van der Waals surface area contributed by atoms with Crippen molar-refractivity contribution in [2.45, 2.75) is 77.6 Å². The van der Waals surface area contributed by atoms with Crippen molar-refractivity contribution in [3.8, 4) is 11.1 Å². The van der Waals surface area contributed by atoms with Gasteiger partial charge in [0.1, 0.15) is 5.76 Å². The van der Waals surface area contributed by atoms with Gasteiger partial charge in [0.25, 0.3) is 0 Å². The predicted molar refractivity (Wildman–Crippen MR) is 158 cm³/mol. The van der Waals surface area contributed by atoms with Crippen LogP contribution in [0.2, 0.25) is 0 Å². The second-order valence-electron chi connectivity index (χ2n) is 11.8. The van der Waals surface area contributed by atoms with Crippen molar-refractivity contribution in [3.05, 3.63) is 72.3 Å². The molecule has 6 nitrogen and oxygen atoms in total. The van der Waals surface area contributed by atoms with E-state index in [1.165, 1.54) is 6.20 Å². The zero-order chi connectivity index (χ0) is 30.4. The summed E-state index contributed by atoms with van der Waals surface area (Å²) in [6.07, 6.45) is 7.48. The molecule has 228 valence electrons. The topological polar surface area (TPSA) is 67.6 Å². The maximum Gasteiger partial charge on any atom is 0.504 e. The van der Waals surface area contributed by atoms with E-state index in [0.29, 0.717) is 60.9 Å². The second kappa shape index (κ2) is 13.8. The number of alkyl halides is 3. The standard InChI is InChI=1S/C33H42F3N3O3/c1-22(2)31(42-4)17-8-23(3)25-11-9-24(10-12-25)20-38(32(41)26-13-15-30(40)16-14-26)29-7-5-6-27(18-29)28-19-37-39(21-28)33(34,35)36/h5-8,17-19,21,24-26,30,40H,3,9-16,20H2,1-2,4H3/b17-8-. The third-order valence-electron chi connectivity index (χ3n) is 8.62. The average molecular weight is 586 g/mol. The van der Waals surface area contributed by atoms with Gasteiger partial charge in [-0.25, -0.2) is 0 Å². The molecule has 2 aliphatic carbocycles. The summed E-state index contributed by atoms with van der Waals surface area (Å²) in [5.41, 5.74) is 3.75. The number of carbonyl (C=O) groups is 1. The molecule has 1 aromatic carbocycles. The van der Waals surface area contributed by atoms with Crippen LogP contribution in [-0.4, -0.2) is 40.6 Å². The lowest BCUT2D eigenvalue weighted by Crippen LogP contribution is -2.42. The molecular weight excluding hydrogens is 543 g/mol. The van der Waals surface area contributed by atoms with E-state index in [1.807, 2.05) is 37.0 Å². The van der Waals surface area contributed by atoms with Crippen LogP contribution in [0.1, 0.15) is 65.2 Å². The summed E-state index contributed by atoms with van der Waals surface area (Å²) in [4.78, 5) is 15.7. The average Bonchev–Trinajstić information content (AvgIpc) is 3.48. The van der Waals surface area contributed by atoms with E-state index in [4.69, 9.17) is 4.74 Å². The van der Waals surface area contributed by atoms with Gasteiger partial charge in [-0.1, -0.05) is 30.4 Å². The van der Waals surface area contributed by atoms with Crippen molar-refractivity contribution >= 4 is 11.6 Å². The molecule has 0 bridgehead atoms. The van der Waals surface area contributed by atoms with Gasteiger partial charge in [0.2, 0.25) is 5.91 Å². The number of hydrogen-bond donors (Lipinski definition) is 1. The highest BCUT2D eigenvalue weighted by Gasteiger charge is 2.33. The first-order chi connectivity index (χ1) is 20.0. The minimum atomic E-state index is -4.60. The fourth-order valence-electron chi connectivity index (χ4n) is 6.06. The van der Waals surface area contributed by atoms with Gasteiger partial charge in [-0.3, -0.25) is 4.79 Å². The summed E-state index contributed by atoms with van der Waals surface area (Å²) >= 11 is 0. The van der Waals surface area contributed by atoms with Crippen LogP contribution in [-0.2, 0) is 15.8 Å². The number of aromatic nitrogens is 2. The van der Waals surface area contributed by atoms with Crippen molar-refractivity contribution in [1.29, 1.82) is 0 Å². The van der Waals surface area contributed by atoms with Crippen LogP contribution in [0.4, 0.5) is 18.9 Å². The number of aliphatic hydroxyl groups is 1. The molecule has 0 atom stereocenters. The van der Waals surface area contributed by atoms with Crippen molar-refractivity contribution in [2.75, 3.05) is 18.6 Å². The van der Waals surface area contributed by atoms with Gasteiger partial charge < -0.3 is 14.7 Å². The number of anilines is 1. The number of benzene rings is 1. The molecule has 0 spiro atoms. The van der Waals surface area contributed by atoms with Gasteiger partial charge >= 0.3 is 6.30 Å². The number of halogens is 3. The van der Waals surface area contributed by atoms with Crippen LogP contribution in [0.3, 0.4) is 0 Å². The lowest BCUT2D eigenvalue weighted by molar-refractivity contribution is -0.212. The van der Waals surface area contributed by atoms with E-state index in [9.17, 15) is 23.1 Å². The maximum absolute atomic E-state index is 13.9. The Bertz CT molecular complexity index is 1290. The first kappa shape index (κ1) is 31.6. The van der Waals surface area contributed by atoms with Gasteiger partial charge in [-0.2, -0.15) is 9.78 Å². The third-order valence-corrected chi connectivity index (χ3v) is 8.62. The van der Waals surface area contributed by atoms with E-state index in [2.05, 4.69) is 11.7 Å². The molecule has 0 saturated heterocycles. The molecule has 1 heterocycles. The molecule has 0 radical (unpaired) electrons. The van der Waals surface area contributed by atoms with Crippen LogP contribution in [0.15, 0.2) is 72.3 Å². The largest absolute Gasteiger partial charge is 0.504 e. The molecule has 4 rings (SSSR count). The molecule has 2 fully saturated rings. The minimum absolute atomic E-state index is 0.0114. The summed E-state index contributed by atoms with van der Waals surface area (Å²) in [5, 5.41) is 13.5. The Hall–Kier alpha value is -3.33. The van der Waals surface area contributed by atoms with Crippen molar-refractivity contribution in [3.63, 3.8) is 0 Å². The number of methoxy groups -OCH3 is 1. The van der Waals surface area contributed by atoms with Crippen molar-refractivity contribution < 1.29 is 27.8 Å². The first-order valence-electron chi connectivity index (χ1n) is 14.8. The van der Waals surface area contributed by atoms with E-state index >= 15 is 0 Å². The van der Waals surface area contributed by atoms with E-state index in [1.54, 1.807) is 25.3 Å². The Morgan fingerprint density at radius 1 is 1.07 bits per heavy atom. The van der Waals surface area contributed by atoms with Crippen LogP contribution in [0.25, 0.3) is 11.1 Å². The number of aliphatic hydroxyl groups excluding tert-OH is 1. The number of ether oxygens (including phenoxy) is 1. The minimum Gasteiger partial charge on any atom is -0.497 e. The molecule has 1 aromatic heterocycles. The number of rotatable bonds is 9. The van der Waals surface area contributed by atoms with Gasteiger partial charge in [-0.05, 0) is 106 Å². The number of carbonyl (C=O) groups excluding carboxylic acids is 1. The summed E-state index contributed by atoms with van der Waals surface area (Å²) in [6, 6.07) is 7.13. The highest BCUT2D eigenvalue weighted by Crippen LogP contribution is 2.37. The summed E-state index contributed by atoms with van der Waals surface area (Å²) in [7, 11) is 1.66. The molecule has 42 heavy (non-hydrogen) atoms. The molecule has 1 amide bonds. The zero-order valence-corrected chi connectivity index (χ0v) is 24.7. The van der Waals surface area contributed by atoms with E-state index < -0.39 is 6.30 Å².